The van der Waals surface area contributed by atoms with Crippen LogP contribution in [-0.2, 0) is 9.59 Å². The van der Waals surface area contributed by atoms with Crippen molar-refractivity contribution in [1.29, 1.82) is 0 Å². The molecule has 1 N–H and O–H groups in total. The number of hydrogen-bond donors (Lipinski definition) is 1. The van der Waals surface area contributed by atoms with Crippen LogP contribution in [0.3, 0.4) is 0 Å². The number of carbonyl (C=O) groups is 3. The lowest BCUT2D eigenvalue weighted by Gasteiger charge is -2.33. The molecular formula is C13H23N3O3. The van der Waals surface area contributed by atoms with Gasteiger partial charge in [0, 0.05) is 19.1 Å². The lowest BCUT2D eigenvalue weighted by Crippen LogP contribution is -2.60. The SMILES string of the molecule is CC(C)C1C(=O)NC(=O)N(CCN(C)C(C)C)C1=O. The third kappa shape index (κ3) is 3.53. The van der Waals surface area contributed by atoms with Crippen LogP contribution in [0.5, 0.6) is 0 Å². The maximum atomic E-state index is 12.2. The average Bonchev–Trinajstić information content (AvgIpc) is 2.26. The number of imide groups is 2. The Kier molecular flexibility index (Phi) is 5.05. The Morgan fingerprint density at radius 3 is 2.26 bits per heavy atom. The highest BCUT2D eigenvalue weighted by molar-refractivity contribution is 6.16. The molecule has 1 heterocycles. The zero-order chi connectivity index (χ0) is 14.7. The summed E-state index contributed by atoms with van der Waals surface area (Å²) in [6.45, 7) is 8.58. The highest BCUT2D eigenvalue weighted by Crippen LogP contribution is 2.18. The van der Waals surface area contributed by atoms with Crippen LogP contribution >= 0.6 is 0 Å². The normalized spacial score (nSPS) is 20.7. The predicted molar refractivity (Wildman–Crippen MR) is 71.3 cm³/mol. The minimum Gasteiger partial charge on any atom is -0.302 e. The van der Waals surface area contributed by atoms with Gasteiger partial charge in [0.15, 0.2) is 0 Å². The summed E-state index contributed by atoms with van der Waals surface area (Å²) in [5.74, 6) is -1.76. The molecule has 0 aromatic carbocycles. The Balaban J connectivity index is 2.74. The average molecular weight is 269 g/mol. The summed E-state index contributed by atoms with van der Waals surface area (Å²) in [6.07, 6.45) is 0. The Hall–Kier alpha value is -1.43. The van der Waals surface area contributed by atoms with Gasteiger partial charge in [0.25, 0.3) is 0 Å². The Morgan fingerprint density at radius 2 is 1.79 bits per heavy atom. The lowest BCUT2D eigenvalue weighted by atomic mass is 9.92. The van der Waals surface area contributed by atoms with Crippen LogP contribution in [0, 0.1) is 11.8 Å². The monoisotopic (exact) mass is 269 g/mol. The van der Waals surface area contributed by atoms with Gasteiger partial charge in [-0.1, -0.05) is 13.8 Å². The summed E-state index contributed by atoms with van der Waals surface area (Å²) in [5.41, 5.74) is 0. The van der Waals surface area contributed by atoms with Crippen molar-refractivity contribution in [3.05, 3.63) is 0 Å². The first-order valence-corrected chi connectivity index (χ1v) is 6.62. The van der Waals surface area contributed by atoms with Crippen molar-refractivity contribution in [1.82, 2.24) is 15.1 Å². The van der Waals surface area contributed by atoms with E-state index >= 15 is 0 Å². The van der Waals surface area contributed by atoms with E-state index in [1.807, 2.05) is 25.8 Å². The van der Waals surface area contributed by atoms with Gasteiger partial charge in [-0.15, -0.1) is 0 Å². The number of amides is 4. The molecule has 6 nitrogen and oxygen atoms in total. The fourth-order valence-electron chi connectivity index (χ4n) is 1.95. The minimum absolute atomic E-state index is 0.120. The van der Waals surface area contributed by atoms with Crippen LogP contribution in [0.1, 0.15) is 27.7 Å². The molecule has 0 saturated carbocycles. The summed E-state index contributed by atoms with van der Waals surface area (Å²) >= 11 is 0. The second kappa shape index (κ2) is 6.14. The maximum Gasteiger partial charge on any atom is 0.330 e. The number of carbonyl (C=O) groups excluding carboxylic acids is 3. The molecule has 19 heavy (non-hydrogen) atoms. The summed E-state index contributed by atoms with van der Waals surface area (Å²) in [7, 11) is 1.93. The van der Waals surface area contributed by atoms with Crippen molar-refractivity contribution in [2.75, 3.05) is 20.1 Å². The molecule has 0 radical (unpaired) electrons. The van der Waals surface area contributed by atoms with E-state index in [1.54, 1.807) is 13.8 Å². The van der Waals surface area contributed by atoms with Gasteiger partial charge in [-0.05, 0) is 26.8 Å². The molecule has 0 bridgehead atoms. The first kappa shape index (κ1) is 15.6. The fraction of sp³-hybridized carbons (Fsp3) is 0.769. The van der Waals surface area contributed by atoms with E-state index in [4.69, 9.17) is 0 Å². The van der Waals surface area contributed by atoms with Crippen LogP contribution in [0.15, 0.2) is 0 Å². The molecule has 1 atom stereocenters. The largest absolute Gasteiger partial charge is 0.330 e. The van der Waals surface area contributed by atoms with Gasteiger partial charge < -0.3 is 4.90 Å². The standard InChI is InChI=1S/C13H23N3O3/c1-8(2)10-11(17)14-13(19)16(12(10)18)7-6-15(5)9(3)4/h8-10H,6-7H2,1-5H3,(H,14,17,19). The number of urea groups is 1. The molecule has 1 rings (SSSR count). The van der Waals surface area contributed by atoms with E-state index in [0.717, 1.165) is 4.90 Å². The van der Waals surface area contributed by atoms with E-state index in [9.17, 15) is 14.4 Å². The minimum atomic E-state index is -0.762. The summed E-state index contributed by atoms with van der Waals surface area (Å²) in [6, 6.07) is -0.269. The van der Waals surface area contributed by atoms with Crippen LogP contribution in [0.2, 0.25) is 0 Å². The molecule has 1 saturated heterocycles. The van der Waals surface area contributed by atoms with Crippen molar-refractivity contribution in [2.45, 2.75) is 33.7 Å². The molecule has 1 aliphatic rings. The summed E-state index contributed by atoms with van der Waals surface area (Å²) in [4.78, 5) is 38.8. The summed E-state index contributed by atoms with van der Waals surface area (Å²) < 4.78 is 0. The van der Waals surface area contributed by atoms with Gasteiger partial charge in [-0.2, -0.15) is 0 Å². The Morgan fingerprint density at radius 1 is 1.21 bits per heavy atom. The van der Waals surface area contributed by atoms with Crippen LogP contribution < -0.4 is 5.32 Å². The predicted octanol–water partition coefficient (Wildman–Crippen LogP) is 0.677. The van der Waals surface area contributed by atoms with Gasteiger partial charge in [0.1, 0.15) is 5.92 Å². The maximum absolute atomic E-state index is 12.2. The molecule has 0 aromatic rings. The first-order valence-electron chi connectivity index (χ1n) is 6.62. The van der Waals surface area contributed by atoms with Crippen molar-refractivity contribution in [3.63, 3.8) is 0 Å². The number of hydrogen-bond acceptors (Lipinski definition) is 4. The van der Waals surface area contributed by atoms with Crippen molar-refractivity contribution in [3.8, 4) is 0 Å². The second-order valence-corrected chi connectivity index (χ2v) is 5.58. The zero-order valence-corrected chi connectivity index (χ0v) is 12.3. The number of nitrogens with zero attached hydrogens (tertiary/aromatic N) is 2. The molecule has 0 aliphatic carbocycles. The van der Waals surface area contributed by atoms with Gasteiger partial charge in [0.2, 0.25) is 11.8 Å². The smallest absolute Gasteiger partial charge is 0.302 e. The second-order valence-electron chi connectivity index (χ2n) is 5.58. The van der Waals surface area contributed by atoms with E-state index in [-0.39, 0.29) is 11.8 Å². The van der Waals surface area contributed by atoms with E-state index in [0.29, 0.717) is 19.1 Å². The first-order chi connectivity index (χ1) is 8.75. The van der Waals surface area contributed by atoms with Crippen LogP contribution in [0.25, 0.3) is 0 Å². The highest BCUT2D eigenvalue weighted by atomic mass is 16.2. The van der Waals surface area contributed by atoms with E-state index in [2.05, 4.69) is 5.32 Å². The Bertz CT molecular complexity index is 379. The van der Waals surface area contributed by atoms with Gasteiger partial charge in [-0.25, -0.2) is 4.79 Å². The molecule has 0 aromatic heterocycles. The van der Waals surface area contributed by atoms with E-state index < -0.39 is 17.9 Å². The molecule has 108 valence electrons. The van der Waals surface area contributed by atoms with E-state index in [1.165, 1.54) is 0 Å². The number of nitrogens with one attached hydrogen (secondary N) is 1. The molecule has 6 heteroatoms. The number of likely N-dealkylation sites (N-methyl/N-ethyl adjacent to an activating group) is 1. The highest BCUT2D eigenvalue weighted by Gasteiger charge is 2.41. The quantitative estimate of drug-likeness (QED) is 0.745. The molecular weight excluding hydrogens is 246 g/mol. The molecule has 1 unspecified atom stereocenters. The number of rotatable bonds is 5. The lowest BCUT2D eigenvalue weighted by molar-refractivity contribution is -0.144. The Labute approximate surface area is 114 Å². The van der Waals surface area contributed by atoms with Gasteiger partial charge >= 0.3 is 6.03 Å². The fourth-order valence-corrected chi connectivity index (χ4v) is 1.95. The molecule has 1 fully saturated rings. The van der Waals surface area contributed by atoms with Crippen LogP contribution in [0.4, 0.5) is 4.79 Å². The third-order valence-electron chi connectivity index (χ3n) is 3.51. The van der Waals surface area contributed by atoms with Gasteiger partial charge in [-0.3, -0.25) is 19.8 Å². The topological polar surface area (TPSA) is 69.7 Å². The van der Waals surface area contributed by atoms with Crippen molar-refractivity contribution < 1.29 is 14.4 Å². The molecule has 0 spiro atoms. The molecule has 1 aliphatic heterocycles. The zero-order valence-electron chi connectivity index (χ0n) is 12.3. The third-order valence-corrected chi connectivity index (χ3v) is 3.51. The van der Waals surface area contributed by atoms with Crippen molar-refractivity contribution in [2.24, 2.45) is 11.8 Å². The van der Waals surface area contributed by atoms with Crippen LogP contribution in [-0.4, -0.2) is 53.8 Å². The molecule has 4 amide bonds. The summed E-state index contributed by atoms with van der Waals surface area (Å²) in [5, 5.41) is 2.25. The van der Waals surface area contributed by atoms with Crippen molar-refractivity contribution >= 4 is 17.8 Å². The number of barbiturate groups is 1. The van der Waals surface area contributed by atoms with Gasteiger partial charge in [0.05, 0.1) is 0 Å².